The fourth-order valence-corrected chi connectivity index (χ4v) is 4.63. The summed E-state index contributed by atoms with van der Waals surface area (Å²) in [5.41, 5.74) is 5.02. The van der Waals surface area contributed by atoms with E-state index in [4.69, 9.17) is 31.2 Å². The lowest BCUT2D eigenvalue weighted by molar-refractivity contribution is 0.355. The summed E-state index contributed by atoms with van der Waals surface area (Å²) in [4.78, 5) is 6.94. The van der Waals surface area contributed by atoms with Crippen LogP contribution < -0.4 is 14.8 Å². The number of allylic oxidation sites excluding steroid dienone is 1. The number of hydrogen-bond acceptors (Lipinski definition) is 6. The van der Waals surface area contributed by atoms with Gasteiger partial charge in [-0.1, -0.05) is 54.8 Å². The Balaban J connectivity index is 1.76. The molecule has 1 atom stereocenters. The number of nitrogens with one attached hydrogen (secondary N) is 1. The van der Waals surface area contributed by atoms with Crippen molar-refractivity contribution in [3.05, 3.63) is 65.2 Å². The second-order valence-corrected chi connectivity index (χ2v) is 9.03. The van der Waals surface area contributed by atoms with Gasteiger partial charge in [-0.25, -0.2) is 0 Å². The van der Waals surface area contributed by atoms with E-state index < -0.39 is 0 Å². The third kappa shape index (κ3) is 5.17. The number of rotatable bonds is 9. The Kier molecular flexibility index (Phi) is 7.70. The van der Waals surface area contributed by atoms with Gasteiger partial charge in [0, 0.05) is 17.8 Å². The monoisotopic (exact) mass is 492 g/mol. The van der Waals surface area contributed by atoms with Crippen LogP contribution in [0.4, 0.5) is 0 Å². The topological polar surface area (TPSA) is 72.7 Å². The highest BCUT2D eigenvalue weighted by atomic mass is 32.1. The van der Waals surface area contributed by atoms with Crippen LogP contribution in [0.25, 0.3) is 17.0 Å². The zero-order valence-corrected chi connectivity index (χ0v) is 21.7. The number of ether oxygens (including phenoxy) is 2. The predicted octanol–water partition coefficient (Wildman–Crippen LogP) is 5.91. The molecular weight excluding hydrogens is 460 g/mol. The summed E-state index contributed by atoms with van der Waals surface area (Å²) in [6, 6.07) is 13.8. The number of hydrogen-bond donors (Lipinski definition) is 1. The smallest absolute Gasteiger partial charge is 0.258 e. The maximum absolute atomic E-state index is 5.84. The second kappa shape index (κ2) is 10.9. The van der Waals surface area contributed by atoms with Crippen molar-refractivity contribution in [2.24, 2.45) is 0 Å². The summed E-state index contributed by atoms with van der Waals surface area (Å²) in [7, 11) is 3.21. The molecule has 0 bridgehead atoms. The van der Waals surface area contributed by atoms with Crippen molar-refractivity contribution < 1.29 is 14.0 Å². The number of aromatic nitrogens is 2. The number of methoxy groups -OCH3 is 2. The van der Waals surface area contributed by atoms with Gasteiger partial charge in [0.15, 0.2) is 16.6 Å². The van der Waals surface area contributed by atoms with Gasteiger partial charge >= 0.3 is 0 Å². The van der Waals surface area contributed by atoms with Crippen molar-refractivity contribution in [1.29, 1.82) is 0 Å². The normalized spacial score (nSPS) is 15.9. The van der Waals surface area contributed by atoms with Crippen LogP contribution in [0.15, 0.2) is 52.7 Å². The number of thiocarbonyl (C=S) groups is 1. The SMILES string of the molecule is CCCCCN1C(=S)NC(c2ccc(C)cc2)C(c2nc(-c3ccc(OC)c(OC)c3)no2)=C1C. The van der Waals surface area contributed by atoms with Crippen LogP contribution in [-0.4, -0.2) is 40.9 Å². The molecule has 0 saturated heterocycles. The summed E-state index contributed by atoms with van der Waals surface area (Å²) in [5, 5.41) is 8.53. The number of aryl methyl sites for hydroxylation is 1. The molecule has 184 valence electrons. The van der Waals surface area contributed by atoms with Crippen LogP contribution in [0.2, 0.25) is 0 Å². The Morgan fingerprint density at radius 2 is 1.77 bits per heavy atom. The highest BCUT2D eigenvalue weighted by Crippen LogP contribution is 2.38. The third-order valence-corrected chi connectivity index (χ3v) is 6.63. The zero-order valence-electron chi connectivity index (χ0n) is 20.9. The van der Waals surface area contributed by atoms with Gasteiger partial charge in [-0.05, 0) is 56.2 Å². The molecule has 1 aliphatic rings. The molecule has 0 aliphatic carbocycles. The summed E-state index contributed by atoms with van der Waals surface area (Å²) in [6.07, 6.45) is 3.35. The molecular formula is C27H32N4O3S. The van der Waals surface area contributed by atoms with Gasteiger partial charge in [0.2, 0.25) is 5.82 Å². The molecule has 1 N–H and O–H groups in total. The Labute approximate surface area is 212 Å². The van der Waals surface area contributed by atoms with Gasteiger partial charge in [-0.3, -0.25) is 0 Å². The largest absolute Gasteiger partial charge is 0.493 e. The highest BCUT2D eigenvalue weighted by molar-refractivity contribution is 7.80. The first kappa shape index (κ1) is 24.7. The van der Waals surface area contributed by atoms with Crippen molar-refractivity contribution in [1.82, 2.24) is 20.4 Å². The van der Waals surface area contributed by atoms with Crippen LogP contribution in [0.3, 0.4) is 0 Å². The molecule has 1 aromatic heterocycles. The van der Waals surface area contributed by atoms with E-state index in [0.29, 0.717) is 28.3 Å². The predicted molar refractivity (Wildman–Crippen MR) is 141 cm³/mol. The van der Waals surface area contributed by atoms with Crippen LogP contribution in [0.1, 0.15) is 56.2 Å². The highest BCUT2D eigenvalue weighted by Gasteiger charge is 2.34. The molecule has 4 rings (SSSR count). The lowest BCUT2D eigenvalue weighted by Crippen LogP contribution is -2.46. The maximum atomic E-state index is 5.84. The minimum atomic E-state index is -0.191. The lowest BCUT2D eigenvalue weighted by atomic mass is 9.94. The van der Waals surface area contributed by atoms with Crippen molar-refractivity contribution in [2.45, 2.75) is 46.1 Å². The van der Waals surface area contributed by atoms with Crippen molar-refractivity contribution >= 4 is 22.9 Å². The molecule has 2 aromatic carbocycles. The maximum Gasteiger partial charge on any atom is 0.258 e. The van der Waals surface area contributed by atoms with Crippen LogP contribution in [-0.2, 0) is 0 Å². The van der Waals surface area contributed by atoms with Gasteiger partial charge in [-0.2, -0.15) is 4.98 Å². The molecule has 7 nitrogen and oxygen atoms in total. The summed E-state index contributed by atoms with van der Waals surface area (Å²) in [6.45, 7) is 7.19. The van der Waals surface area contributed by atoms with Gasteiger partial charge < -0.3 is 24.2 Å². The minimum Gasteiger partial charge on any atom is -0.493 e. The van der Waals surface area contributed by atoms with Crippen LogP contribution in [0.5, 0.6) is 11.5 Å². The van der Waals surface area contributed by atoms with E-state index in [9.17, 15) is 0 Å². The third-order valence-electron chi connectivity index (χ3n) is 6.29. The van der Waals surface area contributed by atoms with Crippen LogP contribution in [0, 0.1) is 6.92 Å². The molecule has 2 heterocycles. The van der Waals surface area contributed by atoms with Crippen molar-refractivity contribution in [2.75, 3.05) is 20.8 Å². The minimum absolute atomic E-state index is 0.191. The first-order valence-corrected chi connectivity index (χ1v) is 12.3. The van der Waals surface area contributed by atoms with Gasteiger partial charge in [0.05, 0.1) is 25.8 Å². The Bertz CT molecular complexity index is 1220. The Morgan fingerprint density at radius 1 is 1.03 bits per heavy atom. The van der Waals surface area contributed by atoms with Crippen LogP contribution >= 0.6 is 12.2 Å². The molecule has 0 radical (unpaired) electrons. The van der Waals surface area contributed by atoms with Crippen molar-refractivity contribution in [3.63, 3.8) is 0 Å². The van der Waals surface area contributed by atoms with Crippen molar-refractivity contribution in [3.8, 4) is 22.9 Å². The quantitative estimate of drug-likeness (QED) is 0.292. The fourth-order valence-electron chi connectivity index (χ4n) is 4.28. The summed E-state index contributed by atoms with van der Waals surface area (Å²) < 4.78 is 16.6. The average Bonchev–Trinajstić information content (AvgIpc) is 3.35. The van der Waals surface area contributed by atoms with E-state index in [1.165, 1.54) is 5.56 Å². The van der Waals surface area contributed by atoms with E-state index in [0.717, 1.165) is 48.2 Å². The van der Waals surface area contributed by atoms with Gasteiger partial charge in [-0.15, -0.1) is 0 Å². The van der Waals surface area contributed by atoms with E-state index in [1.807, 2.05) is 18.2 Å². The summed E-state index contributed by atoms with van der Waals surface area (Å²) >= 11 is 5.78. The van der Waals surface area contributed by atoms with E-state index in [1.54, 1.807) is 14.2 Å². The summed E-state index contributed by atoms with van der Waals surface area (Å²) in [5.74, 6) is 2.20. The number of benzene rings is 2. The molecule has 0 saturated carbocycles. The Hall–Kier alpha value is -3.39. The molecule has 1 unspecified atom stereocenters. The zero-order chi connectivity index (χ0) is 24.9. The lowest BCUT2D eigenvalue weighted by Gasteiger charge is -2.37. The average molecular weight is 493 g/mol. The molecule has 0 spiro atoms. The van der Waals surface area contributed by atoms with E-state index in [-0.39, 0.29) is 6.04 Å². The second-order valence-electron chi connectivity index (χ2n) is 8.64. The first-order valence-electron chi connectivity index (χ1n) is 11.9. The Morgan fingerprint density at radius 3 is 2.46 bits per heavy atom. The van der Waals surface area contributed by atoms with Gasteiger partial charge in [0.1, 0.15) is 0 Å². The number of unbranched alkanes of at least 4 members (excludes halogenated alkanes) is 2. The first-order chi connectivity index (χ1) is 17.0. The van der Waals surface area contributed by atoms with Gasteiger partial charge in [0.25, 0.3) is 5.89 Å². The molecule has 8 heteroatoms. The molecule has 35 heavy (non-hydrogen) atoms. The molecule has 3 aromatic rings. The molecule has 0 fully saturated rings. The fraction of sp³-hybridized carbons (Fsp3) is 0.370. The molecule has 0 amide bonds. The molecule has 1 aliphatic heterocycles. The van der Waals surface area contributed by atoms with E-state index >= 15 is 0 Å². The number of nitrogens with zero attached hydrogens (tertiary/aromatic N) is 3. The standard InChI is InChI=1S/C27H32N4O3S/c1-6-7-8-15-31-18(3)23(24(28-27(31)35)19-11-9-17(2)10-12-19)26-29-25(30-34-26)20-13-14-21(32-4)22(16-20)33-5/h9-14,16,24H,6-8,15H2,1-5H3,(H,28,35). The van der Waals surface area contributed by atoms with E-state index in [2.05, 4.69) is 60.4 Å².